The maximum absolute atomic E-state index is 13.2. The highest BCUT2D eigenvalue weighted by Crippen LogP contribution is 2.47. The normalized spacial score (nSPS) is 13.7. The molecule has 0 atom stereocenters. The third-order valence-corrected chi connectivity index (χ3v) is 6.33. The van der Waals surface area contributed by atoms with E-state index in [1.54, 1.807) is 25.6 Å². The number of unbranched alkanes of at least 4 members (excludes halogenated alkanes) is 1. The highest BCUT2D eigenvalue weighted by molar-refractivity contribution is 7.18. The van der Waals surface area contributed by atoms with Crippen molar-refractivity contribution in [2.75, 3.05) is 45.4 Å². The monoisotopic (exact) mass is 404 g/mol. The molecule has 2 amide bonds. The lowest BCUT2D eigenvalue weighted by molar-refractivity contribution is 0.196. The van der Waals surface area contributed by atoms with Gasteiger partial charge >= 0.3 is 6.03 Å². The van der Waals surface area contributed by atoms with Crippen LogP contribution in [0.4, 0.5) is 9.80 Å². The molecule has 0 bridgehead atoms. The number of rotatable bonds is 11. The number of hydrogen-bond donors (Lipinski definition) is 0. The van der Waals surface area contributed by atoms with Gasteiger partial charge in [0.15, 0.2) is 0 Å². The molecule has 0 radical (unpaired) electrons. The van der Waals surface area contributed by atoms with Gasteiger partial charge in [-0.25, -0.2) is 4.79 Å². The van der Waals surface area contributed by atoms with Gasteiger partial charge in [-0.15, -0.1) is 17.1 Å². The molecule has 0 saturated heterocycles. The number of urea groups is 1. The van der Waals surface area contributed by atoms with E-state index >= 15 is 0 Å². The second-order valence-electron chi connectivity index (χ2n) is 6.89. The molecule has 6 heteroatoms. The molecule has 1 aromatic heterocycles. The van der Waals surface area contributed by atoms with Crippen molar-refractivity contribution in [3.63, 3.8) is 0 Å². The molecule has 0 N–H and O–H groups in total. The van der Waals surface area contributed by atoms with Gasteiger partial charge in [-0.05, 0) is 37.3 Å². The van der Waals surface area contributed by atoms with Gasteiger partial charge in [0, 0.05) is 37.8 Å². The van der Waals surface area contributed by atoms with Crippen LogP contribution in [0.1, 0.15) is 48.6 Å². The van der Waals surface area contributed by atoms with Gasteiger partial charge in [-0.3, -0.25) is 9.80 Å². The Labute approximate surface area is 172 Å². The Bertz CT molecular complexity index is 762. The zero-order valence-electron chi connectivity index (χ0n) is 17.6. The molecule has 0 fully saturated rings. The van der Waals surface area contributed by atoms with Crippen molar-refractivity contribution in [1.29, 1.82) is 0 Å². The molecule has 2 heterocycles. The maximum atomic E-state index is 13.2. The second-order valence-corrected chi connectivity index (χ2v) is 7.89. The number of allylic oxidation sites excluding steroid dienone is 1. The lowest BCUT2D eigenvalue weighted by Crippen LogP contribution is -2.47. The van der Waals surface area contributed by atoms with Gasteiger partial charge in [-0.1, -0.05) is 26.5 Å². The van der Waals surface area contributed by atoms with Crippen LogP contribution in [0, 0.1) is 6.92 Å². The van der Waals surface area contributed by atoms with Crippen LogP contribution in [0.25, 0.3) is 11.3 Å². The SMILES string of the molecule is C=C=C1c2c(sc(C(=C)CCCOC)c2C)N(CCOC)C(=O)N1CCCC. The molecule has 5 nitrogen and oxygen atoms in total. The molecule has 154 valence electrons. The van der Waals surface area contributed by atoms with E-state index < -0.39 is 0 Å². The van der Waals surface area contributed by atoms with Crippen LogP contribution >= 0.6 is 11.3 Å². The van der Waals surface area contributed by atoms with Crippen molar-refractivity contribution in [2.45, 2.75) is 39.5 Å². The number of methoxy groups -OCH3 is 2. The van der Waals surface area contributed by atoms with E-state index in [4.69, 9.17) is 9.47 Å². The van der Waals surface area contributed by atoms with E-state index in [2.05, 4.69) is 32.7 Å². The van der Waals surface area contributed by atoms with E-state index in [0.717, 1.165) is 58.0 Å². The Hall–Kier alpha value is -1.85. The van der Waals surface area contributed by atoms with Crippen LogP contribution in [-0.4, -0.2) is 51.5 Å². The summed E-state index contributed by atoms with van der Waals surface area (Å²) in [7, 11) is 3.37. The fraction of sp³-hybridized carbons (Fsp3) is 0.545. The van der Waals surface area contributed by atoms with E-state index in [1.807, 2.05) is 9.80 Å². The molecule has 1 aliphatic heterocycles. The highest BCUT2D eigenvalue weighted by atomic mass is 32.1. The zero-order valence-corrected chi connectivity index (χ0v) is 18.4. The molecule has 0 unspecified atom stereocenters. The molecule has 28 heavy (non-hydrogen) atoms. The van der Waals surface area contributed by atoms with Crippen molar-refractivity contribution in [2.24, 2.45) is 0 Å². The second kappa shape index (κ2) is 10.6. The van der Waals surface area contributed by atoms with Crippen LogP contribution in [0.3, 0.4) is 0 Å². The van der Waals surface area contributed by atoms with Crippen molar-refractivity contribution in [3.05, 3.63) is 34.9 Å². The first kappa shape index (κ1) is 22.4. The van der Waals surface area contributed by atoms with E-state index in [1.165, 1.54) is 0 Å². The third kappa shape index (κ3) is 4.58. The maximum Gasteiger partial charge on any atom is 0.330 e. The van der Waals surface area contributed by atoms with Crippen molar-refractivity contribution >= 4 is 33.6 Å². The molecule has 0 aromatic carbocycles. The Morgan fingerprint density at radius 2 is 1.86 bits per heavy atom. The fourth-order valence-corrected chi connectivity index (χ4v) is 4.72. The summed E-state index contributed by atoms with van der Waals surface area (Å²) in [6, 6.07) is -0.0260. The van der Waals surface area contributed by atoms with Gasteiger partial charge in [0.2, 0.25) is 0 Å². The predicted octanol–water partition coefficient (Wildman–Crippen LogP) is 5.31. The van der Waals surface area contributed by atoms with Crippen molar-refractivity contribution in [1.82, 2.24) is 4.90 Å². The lowest BCUT2D eigenvalue weighted by atomic mass is 10.0. The smallest absolute Gasteiger partial charge is 0.330 e. The Morgan fingerprint density at radius 1 is 1.14 bits per heavy atom. The summed E-state index contributed by atoms with van der Waals surface area (Å²) < 4.78 is 10.4. The van der Waals surface area contributed by atoms with Gasteiger partial charge in [0.1, 0.15) is 5.00 Å². The molecule has 0 aliphatic carbocycles. The van der Waals surface area contributed by atoms with Crippen LogP contribution in [0.15, 0.2) is 18.9 Å². The van der Waals surface area contributed by atoms with Crippen LogP contribution < -0.4 is 4.90 Å². The van der Waals surface area contributed by atoms with E-state index in [9.17, 15) is 4.79 Å². The molecular formula is C22H32N2O3S. The summed E-state index contributed by atoms with van der Waals surface area (Å²) in [6.45, 7) is 14.8. The third-order valence-electron chi connectivity index (χ3n) is 4.91. The molecule has 1 aliphatic rings. The van der Waals surface area contributed by atoms with Crippen molar-refractivity contribution in [3.8, 4) is 0 Å². The minimum absolute atomic E-state index is 0.0260. The Morgan fingerprint density at radius 3 is 2.46 bits per heavy atom. The lowest BCUT2D eigenvalue weighted by Gasteiger charge is -2.36. The number of nitrogens with zero attached hydrogens (tertiary/aromatic N) is 2. The van der Waals surface area contributed by atoms with E-state index in [-0.39, 0.29) is 6.03 Å². The van der Waals surface area contributed by atoms with Gasteiger partial charge < -0.3 is 9.47 Å². The summed E-state index contributed by atoms with van der Waals surface area (Å²) in [5.41, 5.74) is 7.10. The first-order valence-electron chi connectivity index (χ1n) is 9.80. The van der Waals surface area contributed by atoms with Crippen LogP contribution in [0.5, 0.6) is 0 Å². The summed E-state index contributed by atoms with van der Waals surface area (Å²) in [4.78, 5) is 18.0. The molecule has 2 rings (SSSR count). The fourth-order valence-electron chi connectivity index (χ4n) is 3.40. The first-order chi connectivity index (χ1) is 13.5. The number of hydrogen-bond acceptors (Lipinski definition) is 4. The summed E-state index contributed by atoms with van der Waals surface area (Å²) in [5, 5.41) is 0.946. The number of carbonyl (C=O) groups is 1. The average Bonchev–Trinajstić information content (AvgIpc) is 3.03. The standard InChI is InChI=1S/C22H32N2O3S/c1-7-9-12-23-18(8-2)19-17(4)20(16(3)11-10-14-26-5)28-21(19)24(22(23)25)13-15-27-6/h2-3,7,9-15H2,1,4-6H3. The highest BCUT2D eigenvalue weighted by Gasteiger charge is 2.37. The molecule has 0 spiro atoms. The van der Waals surface area contributed by atoms with Gasteiger partial charge in [0.25, 0.3) is 0 Å². The number of thiophene rings is 1. The number of carbonyl (C=O) groups excluding carboxylic acids is 1. The van der Waals surface area contributed by atoms with Gasteiger partial charge in [0.05, 0.1) is 18.8 Å². The van der Waals surface area contributed by atoms with Crippen LogP contribution in [0.2, 0.25) is 0 Å². The topological polar surface area (TPSA) is 42.0 Å². The first-order valence-corrected chi connectivity index (χ1v) is 10.6. The molecule has 1 aromatic rings. The number of ether oxygens (including phenoxy) is 2. The summed E-state index contributed by atoms with van der Waals surface area (Å²) in [6.07, 6.45) is 3.75. The quantitative estimate of drug-likeness (QED) is 0.371. The van der Waals surface area contributed by atoms with Crippen molar-refractivity contribution < 1.29 is 14.3 Å². The number of fused-ring (bicyclic) bond motifs is 1. The minimum Gasteiger partial charge on any atom is -0.385 e. The summed E-state index contributed by atoms with van der Waals surface area (Å²) >= 11 is 1.63. The average molecular weight is 405 g/mol. The minimum atomic E-state index is -0.0260. The number of anilines is 1. The predicted molar refractivity (Wildman–Crippen MR) is 118 cm³/mol. The molecular weight excluding hydrogens is 372 g/mol. The Kier molecular flexibility index (Phi) is 8.52. The number of amides is 2. The van der Waals surface area contributed by atoms with E-state index in [0.29, 0.717) is 26.3 Å². The van der Waals surface area contributed by atoms with Crippen LogP contribution in [-0.2, 0) is 9.47 Å². The molecule has 0 saturated carbocycles. The Balaban J connectivity index is 2.49. The largest absolute Gasteiger partial charge is 0.385 e. The van der Waals surface area contributed by atoms with Gasteiger partial charge in [-0.2, -0.15) is 0 Å². The zero-order chi connectivity index (χ0) is 20.7. The summed E-state index contributed by atoms with van der Waals surface area (Å²) in [5.74, 6) is 0.